The second-order valence-corrected chi connectivity index (χ2v) is 8.94. The standard InChI is InChI=1S/C18H22N4O6S/c1-12-3-4-16(22(24)25)10-17(12)29(26,27)21-7-5-14(6-8-21)18(23)19-11-15-9-13(2)28-20-15/h3-4,9-10,14H,5-8,11H2,1-2H3,(H,19,23). The highest BCUT2D eigenvalue weighted by atomic mass is 32.2. The van der Waals surface area contributed by atoms with Crippen molar-refractivity contribution in [1.82, 2.24) is 14.8 Å². The maximum Gasteiger partial charge on any atom is 0.270 e. The first-order valence-electron chi connectivity index (χ1n) is 9.13. The summed E-state index contributed by atoms with van der Waals surface area (Å²) in [5.41, 5.74) is 0.793. The van der Waals surface area contributed by atoms with Crippen molar-refractivity contribution < 1.29 is 22.7 Å². The Morgan fingerprint density at radius 3 is 2.59 bits per heavy atom. The maximum atomic E-state index is 13.0. The number of nitrogens with one attached hydrogen (secondary N) is 1. The van der Waals surface area contributed by atoms with Gasteiger partial charge < -0.3 is 9.84 Å². The van der Waals surface area contributed by atoms with Crippen LogP contribution in [0.2, 0.25) is 0 Å². The van der Waals surface area contributed by atoms with E-state index in [4.69, 9.17) is 4.52 Å². The fourth-order valence-corrected chi connectivity index (χ4v) is 5.02. The highest BCUT2D eigenvalue weighted by molar-refractivity contribution is 7.89. The number of nitro benzene ring substituents is 1. The summed E-state index contributed by atoms with van der Waals surface area (Å²) in [4.78, 5) is 22.7. The summed E-state index contributed by atoms with van der Waals surface area (Å²) in [7, 11) is -3.88. The average Bonchev–Trinajstić information content (AvgIpc) is 3.11. The van der Waals surface area contributed by atoms with Crippen LogP contribution in [0.1, 0.15) is 29.9 Å². The van der Waals surface area contributed by atoms with Crippen molar-refractivity contribution in [2.24, 2.45) is 5.92 Å². The van der Waals surface area contributed by atoms with E-state index in [2.05, 4.69) is 10.5 Å². The highest BCUT2D eigenvalue weighted by Crippen LogP contribution is 2.28. The van der Waals surface area contributed by atoms with Gasteiger partial charge in [-0.15, -0.1) is 0 Å². The van der Waals surface area contributed by atoms with Crippen molar-refractivity contribution in [1.29, 1.82) is 0 Å². The Morgan fingerprint density at radius 2 is 2.00 bits per heavy atom. The van der Waals surface area contributed by atoms with E-state index in [0.717, 1.165) is 6.07 Å². The number of benzene rings is 1. The van der Waals surface area contributed by atoms with Gasteiger partial charge in [0.15, 0.2) is 0 Å². The summed E-state index contributed by atoms with van der Waals surface area (Å²) in [5, 5.41) is 17.6. The molecule has 1 N–H and O–H groups in total. The number of hydrogen-bond donors (Lipinski definition) is 1. The van der Waals surface area contributed by atoms with Gasteiger partial charge in [0, 0.05) is 37.2 Å². The van der Waals surface area contributed by atoms with Gasteiger partial charge in [-0.25, -0.2) is 8.42 Å². The molecule has 0 saturated carbocycles. The van der Waals surface area contributed by atoms with Crippen LogP contribution >= 0.6 is 0 Å². The highest BCUT2D eigenvalue weighted by Gasteiger charge is 2.33. The molecule has 2 aromatic rings. The number of aromatic nitrogens is 1. The topological polar surface area (TPSA) is 136 Å². The molecule has 1 aromatic carbocycles. The van der Waals surface area contributed by atoms with Crippen molar-refractivity contribution in [3.05, 3.63) is 51.4 Å². The second-order valence-electron chi connectivity index (χ2n) is 7.03. The van der Waals surface area contributed by atoms with Crippen molar-refractivity contribution in [3.63, 3.8) is 0 Å². The van der Waals surface area contributed by atoms with E-state index in [0.29, 0.717) is 29.9 Å². The zero-order valence-corrected chi connectivity index (χ0v) is 16.9. The van der Waals surface area contributed by atoms with E-state index in [1.807, 2.05) is 0 Å². The van der Waals surface area contributed by atoms with Gasteiger partial charge in [0.1, 0.15) is 11.5 Å². The Bertz CT molecular complexity index is 1020. The number of hydrogen-bond acceptors (Lipinski definition) is 7. The molecule has 0 atom stereocenters. The molecule has 0 aliphatic carbocycles. The largest absolute Gasteiger partial charge is 0.361 e. The van der Waals surface area contributed by atoms with Gasteiger partial charge in [-0.2, -0.15) is 4.31 Å². The van der Waals surface area contributed by atoms with Crippen molar-refractivity contribution in [3.8, 4) is 0 Å². The maximum absolute atomic E-state index is 13.0. The van der Waals surface area contributed by atoms with Crippen molar-refractivity contribution in [2.45, 2.75) is 38.1 Å². The summed E-state index contributed by atoms with van der Waals surface area (Å²) in [5.74, 6) is 0.194. The molecule has 1 aliphatic rings. The smallest absolute Gasteiger partial charge is 0.270 e. The lowest BCUT2D eigenvalue weighted by atomic mass is 9.97. The van der Waals surface area contributed by atoms with E-state index in [1.54, 1.807) is 19.9 Å². The fourth-order valence-electron chi connectivity index (χ4n) is 3.30. The van der Waals surface area contributed by atoms with Crippen LogP contribution in [0.25, 0.3) is 0 Å². The molecule has 29 heavy (non-hydrogen) atoms. The van der Waals surface area contributed by atoms with Gasteiger partial charge in [0.25, 0.3) is 5.69 Å². The van der Waals surface area contributed by atoms with Crippen LogP contribution in [0.3, 0.4) is 0 Å². The number of sulfonamides is 1. The summed E-state index contributed by atoms with van der Waals surface area (Å²) >= 11 is 0. The summed E-state index contributed by atoms with van der Waals surface area (Å²) in [6.45, 7) is 3.96. The zero-order valence-electron chi connectivity index (χ0n) is 16.1. The van der Waals surface area contributed by atoms with Crippen LogP contribution in [0, 0.1) is 29.9 Å². The predicted octanol–water partition coefficient (Wildman–Crippen LogP) is 1.92. The summed E-state index contributed by atoms with van der Waals surface area (Å²) < 4.78 is 32.1. The number of amides is 1. The minimum atomic E-state index is -3.88. The van der Waals surface area contributed by atoms with Gasteiger partial charge in [-0.3, -0.25) is 14.9 Å². The number of aryl methyl sites for hydroxylation is 2. The molecular formula is C18H22N4O6S. The third-order valence-corrected chi connectivity index (χ3v) is 6.99. The third kappa shape index (κ3) is 4.62. The lowest BCUT2D eigenvalue weighted by Crippen LogP contribution is -2.43. The molecular weight excluding hydrogens is 400 g/mol. The van der Waals surface area contributed by atoms with Gasteiger partial charge in [-0.05, 0) is 32.3 Å². The molecule has 0 unspecified atom stereocenters. The number of non-ortho nitro benzene ring substituents is 1. The SMILES string of the molecule is Cc1cc(CNC(=O)C2CCN(S(=O)(=O)c3cc([N+](=O)[O-])ccc3C)CC2)no1. The molecule has 156 valence electrons. The number of nitro groups is 1. The molecule has 0 radical (unpaired) electrons. The molecule has 2 heterocycles. The number of carbonyl (C=O) groups is 1. The first-order chi connectivity index (χ1) is 13.7. The van der Waals surface area contributed by atoms with Crippen LogP contribution in [-0.4, -0.2) is 41.8 Å². The van der Waals surface area contributed by atoms with E-state index in [9.17, 15) is 23.3 Å². The fraction of sp³-hybridized carbons (Fsp3) is 0.444. The quantitative estimate of drug-likeness (QED) is 0.555. The second kappa shape index (κ2) is 8.29. The molecule has 0 bridgehead atoms. The minimum Gasteiger partial charge on any atom is -0.361 e. The average molecular weight is 422 g/mol. The molecule has 11 heteroatoms. The van der Waals surface area contributed by atoms with Crippen LogP contribution in [-0.2, 0) is 21.4 Å². The Kier molecular flexibility index (Phi) is 5.99. The summed E-state index contributed by atoms with van der Waals surface area (Å²) in [6.07, 6.45) is 0.744. The lowest BCUT2D eigenvalue weighted by molar-refractivity contribution is -0.385. The van der Waals surface area contributed by atoms with Gasteiger partial charge in [-0.1, -0.05) is 11.2 Å². The first-order valence-corrected chi connectivity index (χ1v) is 10.6. The third-order valence-electron chi connectivity index (χ3n) is 4.95. The zero-order chi connectivity index (χ0) is 21.2. The van der Waals surface area contributed by atoms with Gasteiger partial charge in [0.2, 0.25) is 15.9 Å². The van der Waals surface area contributed by atoms with Gasteiger partial charge in [0.05, 0.1) is 16.4 Å². The number of nitrogens with zero attached hydrogens (tertiary/aromatic N) is 3. The van der Waals surface area contributed by atoms with Crippen molar-refractivity contribution >= 4 is 21.6 Å². The number of rotatable bonds is 6. The Morgan fingerprint density at radius 1 is 1.31 bits per heavy atom. The number of carbonyl (C=O) groups excluding carboxylic acids is 1. The predicted molar refractivity (Wildman–Crippen MR) is 102 cm³/mol. The van der Waals surface area contributed by atoms with Crippen molar-refractivity contribution in [2.75, 3.05) is 13.1 Å². The van der Waals surface area contributed by atoms with E-state index in [-0.39, 0.29) is 42.0 Å². The monoisotopic (exact) mass is 422 g/mol. The van der Waals surface area contributed by atoms with E-state index in [1.165, 1.54) is 16.4 Å². The van der Waals surface area contributed by atoms with Crippen LogP contribution in [0.5, 0.6) is 0 Å². The minimum absolute atomic E-state index is 0.0731. The molecule has 1 fully saturated rings. The molecule has 1 saturated heterocycles. The van der Waals surface area contributed by atoms with Crippen LogP contribution in [0.4, 0.5) is 5.69 Å². The summed E-state index contributed by atoms with van der Waals surface area (Å²) in [6, 6.07) is 5.53. The molecule has 1 aliphatic heterocycles. The molecule has 0 spiro atoms. The molecule has 3 rings (SSSR count). The number of piperidine rings is 1. The van der Waals surface area contributed by atoms with Gasteiger partial charge >= 0.3 is 0 Å². The lowest BCUT2D eigenvalue weighted by Gasteiger charge is -2.30. The Labute approximate surface area is 168 Å². The molecule has 1 amide bonds. The van der Waals surface area contributed by atoms with E-state index >= 15 is 0 Å². The Hall–Kier alpha value is -2.79. The molecule has 1 aromatic heterocycles. The van der Waals surface area contributed by atoms with Crippen LogP contribution in [0.15, 0.2) is 33.7 Å². The first kappa shape index (κ1) is 20.9. The molecule has 10 nitrogen and oxygen atoms in total. The normalized spacial score (nSPS) is 15.9. The van der Waals surface area contributed by atoms with Crippen LogP contribution < -0.4 is 5.32 Å². The Balaban J connectivity index is 1.63. The van der Waals surface area contributed by atoms with E-state index < -0.39 is 14.9 Å².